The third-order valence-electron chi connectivity index (χ3n) is 2.76. The summed E-state index contributed by atoms with van der Waals surface area (Å²) in [5, 5.41) is 11.2. The Balaban J connectivity index is 3.09. The van der Waals surface area contributed by atoms with Gasteiger partial charge in [-0.25, -0.2) is 9.97 Å². The smallest absolute Gasteiger partial charge is 0.451 e. The predicted molar refractivity (Wildman–Crippen MR) is 71.8 cm³/mol. The molecule has 1 unspecified atom stereocenters. The van der Waals surface area contributed by atoms with E-state index in [2.05, 4.69) is 15.3 Å². The Morgan fingerprint density at radius 1 is 1.35 bits per heavy atom. The van der Waals surface area contributed by atoms with Gasteiger partial charge in [0.05, 0.1) is 18.6 Å². The zero-order valence-corrected chi connectivity index (χ0v) is 12.7. The van der Waals surface area contributed by atoms with Crippen LogP contribution in [0.15, 0.2) is 6.07 Å². The van der Waals surface area contributed by atoms with Crippen molar-refractivity contribution in [2.75, 3.05) is 13.7 Å². The molecule has 0 radical (unpaired) electrons. The van der Waals surface area contributed by atoms with Crippen LogP contribution in [0.4, 0.5) is 13.2 Å². The summed E-state index contributed by atoms with van der Waals surface area (Å²) in [5.74, 6) is -3.57. The first-order chi connectivity index (χ1) is 10.5. The van der Waals surface area contributed by atoms with Gasteiger partial charge in [-0.1, -0.05) is 0 Å². The highest BCUT2D eigenvalue weighted by molar-refractivity contribution is 5.93. The number of amides is 1. The van der Waals surface area contributed by atoms with Gasteiger partial charge in [-0.2, -0.15) is 13.2 Å². The number of aromatic nitrogens is 2. The average Bonchev–Trinajstić information content (AvgIpc) is 2.35. The summed E-state index contributed by atoms with van der Waals surface area (Å²) < 4.78 is 42.9. The lowest BCUT2D eigenvalue weighted by Crippen LogP contribution is -2.51. The molecule has 1 atom stereocenters. The summed E-state index contributed by atoms with van der Waals surface area (Å²) in [6, 6.07) is 1.08. The predicted octanol–water partition coefficient (Wildman–Crippen LogP) is 1.41. The Morgan fingerprint density at radius 2 is 1.96 bits per heavy atom. The maximum Gasteiger partial charge on any atom is 0.451 e. The minimum Gasteiger partial charge on any atom is -0.481 e. The first-order valence-corrected chi connectivity index (χ1v) is 6.43. The van der Waals surface area contributed by atoms with Crippen molar-refractivity contribution in [3.8, 4) is 0 Å². The molecule has 0 saturated carbocycles. The molecule has 0 aliphatic heterocycles. The number of halogens is 3. The topological polar surface area (TPSA) is 101 Å². The highest BCUT2D eigenvalue weighted by Crippen LogP contribution is 2.26. The van der Waals surface area contributed by atoms with Gasteiger partial charge in [-0.15, -0.1) is 0 Å². The molecule has 1 aromatic rings. The van der Waals surface area contributed by atoms with Crippen molar-refractivity contribution in [2.24, 2.45) is 0 Å². The molecule has 128 valence electrons. The van der Waals surface area contributed by atoms with Gasteiger partial charge in [0.15, 0.2) is 0 Å². The summed E-state index contributed by atoms with van der Waals surface area (Å²) in [6.45, 7) is 2.56. The fourth-order valence-corrected chi connectivity index (χ4v) is 1.93. The van der Waals surface area contributed by atoms with E-state index >= 15 is 0 Å². The van der Waals surface area contributed by atoms with E-state index in [-0.39, 0.29) is 12.3 Å². The number of ether oxygens (including phenoxy) is 1. The molecule has 2 N–H and O–H groups in total. The van der Waals surface area contributed by atoms with Crippen LogP contribution in [0.5, 0.6) is 0 Å². The number of carbonyl (C=O) groups excluding carboxylic acids is 1. The SMILES string of the molecule is COCC(C)(CC(=O)O)NC(=O)c1cc(C)nc(C(F)(F)F)n1. The minimum absolute atomic E-state index is 0.0378. The Labute approximate surface area is 129 Å². The first kappa shape index (κ1) is 18.8. The number of rotatable bonds is 6. The number of carbonyl (C=O) groups is 2. The van der Waals surface area contributed by atoms with Gasteiger partial charge in [0, 0.05) is 12.8 Å². The third kappa shape index (κ3) is 5.47. The van der Waals surface area contributed by atoms with Crippen LogP contribution in [0.25, 0.3) is 0 Å². The molecule has 0 saturated heterocycles. The van der Waals surface area contributed by atoms with E-state index in [1.54, 1.807) is 0 Å². The molecular weight excluding hydrogens is 319 g/mol. The monoisotopic (exact) mass is 335 g/mol. The molecule has 23 heavy (non-hydrogen) atoms. The fourth-order valence-electron chi connectivity index (χ4n) is 1.93. The molecule has 7 nitrogen and oxygen atoms in total. The van der Waals surface area contributed by atoms with Crippen molar-refractivity contribution in [2.45, 2.75) is 32.0 Å². The molecule has 0 spiro atoms. The van der Waals surface area contributed by atoms with Crippen LogP contribution in [-0.4, -0.2) is 46.2 Å². The van der Waals surface area contributed by atoms with Crippen LogP contribution in [0.1, 0.15) is 35.4 Å². The standard InChI is InChI=1S/C13H16F3N3O4/c1-7-4-8(18-11(17-7)13(14,15)16)10(22)19-12(2,6-23-3)5-9(20)21/h4H,5-6H2,1-3H3,(H,19,22)(H,20,21). The van der Waals surface area contributed by atoms with Crippen LogP contribution in [0.3, 0.4) is 0 Å². The lowest BCUT2D eigenvalue weighted by atomic mass is 9.98. The minimum atomic E-state index is -4.79. The summed E-state index contributed by atoms with van der Waals surface area (Å²) in [5.41, 5.74) is -1.84. The highest BCUT2D eigenvalue weighted by Gasteiger charge is 2.36. The van der Waals surface area contributed by atoms with Crippen molar-refractivity contribution in [1.29, 1.82) is 0 Å². The molecule has 1 rings (SSSR count). The second-order valence-electron chi connectivity index (χ2n) is 5.23. The number of carboxylic acid groups (broad SMARTS) is 1. The van der Waals surface area contributed by atoms with Crippen LogP contribution >= 0.6 is 0 Å². The molecule has 0 aromatic carbocycles. The van der Waals surface area contributed by atoms with Gasteiger partial charge in [-0.3, -0.25) is 9.59 Å². The Bertz CT molecular complexity index is 607. The van der Waals surface area contributed by atoms with E-state index in [9.17, 15) is 22.8 Å². The number of hydrogen-bond donors (Lipinski definition) is 2. The molecule has 0 aliphatic carbocycles. The van der Waals surface area contributed by atoms with Crippen molar-refractivity contribution in [1.82, 2.24) is 15.3 Å². The Kier molecular flexibility index (Phi) is 5.65. The Morgan fingerprint density at radius 3 is 2.43 bits per heavy atom. The number of nitrogens with one attached hydrogen (secondary N) is 1. The molecule has 0 bridgehead atoms. The molecule has 1 heterocycles. The number of aliphatic carboxylic acids is 1. The van der Waals surface area contributed by atoms with Crippen LogP contribution < -0.4 is 5.32 Å². The van der Waals surface area contributed by atoms with Gasteiger partial charge in [0.25, 0.3) is 5.91 Å². The maximum absolute atomic E-state index is 12.7. The van der Waals surface area contributed by atoms with Crippen molar-refractivity contribution in [3.05, 3.63) is 23.3 Å². The molecular formula is C13H16F3N3O4. The first-order valence-electron chi connectivity index (χ1n) is 6.43. The van der Waals surface area contributed by atoms with Crippen molar-refractivity contribution in [3.63, 3.8) is 0 Å². The second kappa shape index (κ2) is 6.90. The second-order valence-corrected chi connectivity index (χ2v) is 5.23. The van der Waals surface area contributed by atoms with Crippen LogP contribution in [-0.2, 0) is 15.7 Å². The molecule has 0 fully saturated rings. The van der Waals surface area contributed by atoms with Gasteiger partial charge >= 0.3 is 12.1 Å². The van der Waals surface area contributed by atoms with E-state index in [0.717, 1.165) is 6.07 Å². The average molecular weight is 335 g/mol. The van der Waals surface area contributed by atoms with E-state index in [0.29, 0.717) is 0 Å². The van der Waals surface area contributed by atoms with Gasteiger partial charge in [-0.05, 0) is 19.9 Å². The summed E-state index contributed by atoms with van der Waals surface area (Å²) in [4.78, 5) is 29.4. The van der Waals surface area contributed by atoms with Crippen LogP contribution in [0.2, 0.25) is 0 Å². The number of alkyl halides is 3. The number of aryl methyl sites for hydroxylation is 1. The molecule has 0 aliphatic rings. The number of carboxylic acids is 1. The molecule has 1 aromatic heterocycles. The fraction of sp³-hybridized carbons (Fsp3) is 0.538. The van der Waals surface area contributed by atoms with Crippen molar-refractivity contribution < 1.29 is 32.6 Å². The summed E-state index contributed by atoms with van der Waals surface area (Å²) in [7, 11) is 1.31. The van der Waals surface area contributed by atoms with Crippen LogP contribution in [0, 0.1) is 6.92 Å². The normalized spacial score (nSPS) is 14.2. The van der Waals surface area contributed by atoms with Gasteiger partial charge in [0.2, 0.25) is 5.82 Å². The maximum atomic E-state index is 12.7. The Hall–Kier alpha value is -2.23. The third-order valence-corrected chi connectivity index (χ3v) is 2.76. The lowest BCUT2D eigenvalue weighted by molar-refractivity contribution is -0.145. The summed E-state index contributed by atoms with van der Waals surface area (Å²) in [6.07, 6.45) is -5.26. The number of nitrogens with zero attached hydrogens (tertiary/aromatic N) is 2. The number of methoxy groups -OCH3 is 1. The molecule has 1 amide bonds. The zero-order valence-electron chi connectivity index (χ0n) is 12.7. The van der Waals surface area contributed by atoms with E-state index in [1.165, 1.54) is 21.0 Å². The van der Waals surface area contributed by atoms with Gasteiger partial charge < -0.3 is 15.2 Å². The largest absolute Gasteiger partial charge is 0.481 e. The van der Waals surface area contributed by atoms with Crippen molar-refractivity contribution >= 4 is 11.9 Å². The number of hydrogen-bond acceptors (Lipinski definition) is 5. The zero-order chi connectivity index (χ0) is 17.8. The highest BCUT2D eigenvalue weighted by atomic mass is 19.4. The van der Waals surface area contributed by atoms with E-state index in [4.69, 9.17) is 9.84 Å². The lowest BCUT2D eigenvalue weighted by Gasteiger charge is -2.28. The molecule has 10 heteroatoms. The quantitative estimate of drug-likeness (QED) is 0.815. The van der Waals surface area contributed by atoms with E-state index < -0.39 is 41.5 Å². The van der Waals surface area contributed by atoms with Gasteiger partial charge in [0.1, 0.15) is 5.69 Å². The summed E-state index contributed by atoms with van der Waals surface area (Å²) >= 11 is 0. The van der Waals surface area contributed by atoms with E-state index in [1.807, 2.05) is 0 Å².